The van der Waals surface area contributed by atoms with E-state index in [1.807, 2.05) is 13.8 Å². The number of pyridine rings is 1. The van der Waals surface area contributed by atoms with Crippen molar-refractivity contribution in [2.24, 2.45) is 0 Å². The molecule has 2 aromatic heterocycles. The summed E-state index contributed by atoms with van der Waals surface area (Å²) in [6.07, 6.45) is -0.270. The van der Waals surface area contributed by atoms with Crippen LogP contribution in [0.4, 0.5) is 5.69 Å². The number of fused-ring (bicyclic) bond motifs is 1. The van der Waals surface area contributed by atoms with E-state index in [0.717, 1.165) is 40.8 Å². The maximum Gasteiger partial charge on any atom is 0.335 e. The van der Waals surface area contributed by atoms with Gasteiger partial charge in [-0.05, 0) is 26.2 Å². The lowest BCUT2D eigenvalue weighted by Gasteiger charge is -2.27. The van der Waals surface area contributed by atoms with Gasteiger partial charge in [-0.25, -0.2) is 14.5 Å². The van der Waals surface area contributed by atoms with Crippen LogP contribution in [0.25, 0.3) is 11.0 Å². The second-order valence-corrected chi connectivity index (χ2v) is 7.44. The number of hydrogen-bond donors (Lipinski definition) is 5. The molecule has 0 bridgehead atoms. The molecule has 31 heavy (non-hydrogen) atoms. The van der Waals surface area contributed by atoms with Crippen LogP contribution in [0.1, 0.15) is 37.9 Å². The molecule has 2 aromatic rings. The molecule has 1 saturated heterocycles. The Morgan fingerprint density at radius 3 is 2.58 bits per heavy atom. The molecule has 1 aliphatic heterocycles. The zero-order chi connectivity index (χ0) is 22.5. The molecule has 0 radical (unpaired) electrons. The molecule has 11 nitrogen and oxygen atoms in total. The van der Waals surface area contributed by atoms with E-state index in [1.54, 1.807) is 10.9 Å². The van der Waals surface area contributed by atoms with Crippen molar-refractivity contribution in [1.82, 2.24) is 20.1 Å². The van der Waals surface area contributed by atoms with Gasteiger partial charge in [-0.3, -0.25) is 4.79 Å². The Bertz CT molecular complexity index is 940. The molecule has 0 aromatic carbocycles. The Hall–Kier alpha value is -2.76. The van der Waals surface area contributed by atoms with Gasteiger partial charge in [-0.2, -0.15) is 5.10 Å². The lowest BCUT2D eigenvalue weighted by Crippen LogP contribution is -2.45. The molecule has 3 rings (SSSR count). The number of nitrogens with zero attached hydrogens (tertiary/aromatic N) is 3. The van der Waals surface area contributed by atoms with Gasteiger partial charge < -0.3 is 30.7 Å². The molecule has 0 saturated carbocycles. The highest BCUT2D eigenvalue weighted by molar-refractivity contribution is 5.92. The Morgan fingerprint density at radius 2 is 1.97 bits per heavy atom. The Balaban J connectivity index is 1.95. The number of aromatic nitrogens is 3. The number of aryl methyl sites for hydroxylation is 2. The van der Waals surface area contributed by atoms with Gasteiger partial charge in [0, 0.05) is 43.6 Å². The summed E-state index contributed by atoms with van der Waals surface area (Å²) in [5.74, 6) is -2.65. The van der Waals surface area contributed by atoms with Crippen LogP contribution in [0.5, 0.6) is 0 Å². The second-order valence-electron chi connectivity index (χ2n) is 7.44. The third kappa shape index (κ3) is 4.94. The maximum atomic E-state index is 12.2. The van der Waals surface area contributed by atoms with E-state index in [9.17, 15) is 19.8 Å². The molecule has 11 heteroatoms. The number of aliphatic hydroxyl groups excluding tert-OH is 2. The van der Waals surface area contributed by atoms with E-state index in [0.29, 0.717) is 26.2 Å². The van der Waals surface area contributed by atoms with Crippen molar-refractivity contribution >= 4 is 28.6 Å². The van der Waals surface area contributed by atoms with Crippen LogP contribution in [-0.2, 0) is 33.8 Å². The minimum atomic E-state index is -2.20. The minimum Gasteiger partial charge on any atom is -0.479 e. The van der Waals surface area contributed by atoms with E-state index in [4.69, 9.17) is 14.8 Å². The number of rotatable bonds is 9. The van der Waals surface area contributed by atoms with Crippen molar-refractivity contribution in [2.75, 3.05) is 18.5 Å². The fraction of sp³-hybridized carbons (Fsp3) is 0.600. The highest BCUT2D eigenvalue weighted by Gasteiger charge is 2.30. The first-order valence-corrected chi connectivity index (χ1v) is 10.5. The van der Waals surface area contributed by atoms with E-state index in [-0.39, 0.29) is 12.6 Å². The summed E-state index contributed by atoms with van der Waals surface area (Å²) in [6.45, 7) is 5.92. The molecule has 2 atom stereocenters. The average Bonchev–Trinajstić information content (AvgIpc) is 3.20. The zero-order valence-electron chi connectivity index (χ0n) is 17.7. The predicted octanol–water partition coefficient (Wildman–Crippen LogP) is 0.0271. The highest BCUT2D eigenvalue weighted by Crippen LogP contribution is 2.31. The average molecular weight is 435 g/mol. The van der Waals surface area contributed by atoms with E-state index in [2.05, 4.69) is 15.7 Å². The molecule has 1 aliphatic rings. The topological polar surface area (TPSA) is 159 Å². The number of amides is 1. The summed E-state index contributed by atoms with van der Waals surface area (Å²) in [7, 11) is 0. The SMILES string of the molecule is CCc1nc2c(cnn2CC)c(NC2CCOCC2)c1CNC(=O)[C@@H](O)[C@H](O)C(=O)O. The Labute approximate surface area is 179 Å². The fourth-order valence-corrected chi connectivity index (χ4v) is 3.66. The molecular formula is C20H29N5O6. The molecule has 5 N–H and O–H groups in total. The van der Waals surface area contributed by atoms with Crippen molar-refractivity contribution in [3.8, 4) is 0 Å². The largest absolute Gasteiger partial charge is 0.479 e. The minimum absolute atomic E-state index is 0.0111. The summed E-state index contributed by atoms with van der Waals surface area (Å²) in [5.41, 5.74) is 3.04. The summed E-state index contributed by atoms with van der Waals surface area (Å²) < 4.78 is 7.25. The number of carboxylic acid groups (broad SMARTS) is 1. The predicted molar refractivity (Wildman–Crippen MR) is 112 cm³/mol. The Morgan fingerprint density at radius 1 is 1.26 bits per heavy atom. The number of anilines is 1. The molecule has 170 valence electrons. The summed E-state index contributed by atoms with van der Waals surface area (Å²) >= 11 is 0. The number of carbonyl (C=O) groups excluding carboxylic acids is 1. The van der Waals surface area contributed by atoms with Crippen molar-refractivity contribution in [2.45, 2.75) is 64.4 Å². The van der Waals surface area contributed by atoms with Gasteiger partial charge >= 0.3 is 5.97 Å². The molecular weight excluding hydrogens is 406 g/mol. The number of ether oxygens (including phenoxy) is 1. The summed E-state index contributed by atoms with van der Waals surface area (Å²) in [5, 5.41) is 39.4. The van der Waals surface area contributed by atoms with Gasteiger partial charge in [0.15, 0.2) is 17.9 Å². The van der Waals surface area contributed by atoms with Crippen LogP contribution in [0.2, 0.25) is 0 Å². The van der Waals surface area contributed by atoms with Crippen molar-refractivity contribution < 1.29 is 29.6 Å². The smallest absolute Gasteiger partial charge is 0.335 e. The van der Waals surface area contributed by atoms with Crippen LogP contribution in [0.15, 0.2) is 6.20 Å². The molecule has 0 spiro atoms. The third-order valence-corrected chi connectivity index (χ3v) is 5.44. The van der Waals surface area contributed by atoms with E-state index >= 15 is 0 Å². The molecule has 1 amide bonds. The van der Waals surface area contributed by atoms with Crippen LogP contribution < -0.4 is 10.6 Å². The van der Waals surface area contributed by atoms with Crippen LogP contribution in [0.3, 0.4) is 0 Å². The van der Waals surface area contributed by atoms with Crippen molar-refractivity contribution in [3.63, 3.8) is 0 Å². The monoisotopic (exact) mass is 435 g/mol. The van der Waals surface area contributed by atoms with Crippen LogP contribution >= 0.6 is 0 Å². The number of aliphatic hydroxyl groups is 2. The van der Waals surface area contributed by atoms with Crippen LogP contribution in [-0.4, -0.2) is 73.4 Å². The van der Waals surface area contributed by atoms with Crippen LogP contribution in [0, 0.1) is 0 Å². The number of carbonyl (C=O) groups is 2. The van der Waals surface area contributed by atoms with Gasteiger partial charge in [-0.15, -0.1) is 0 Å². The number of nitrogens with one attached hydrogen (secondary N) is 2. The van der Waals surface area contributed by atoms with Crippen molar-refractivity contribution in [3.05, 3.63) is 17.5 Å². The number of carboxylic acids is 1. The maximum absolute atomic E-state index is 12.2. The highest BCUT2D eigenvalue weighted by atomic mass is 16.5. The lowest BCUT2D eigenvalue weighted by molar-refractivity contribution is -0.158. The Kier molecular flexibility index (Phi) is 7.42. The number of aliphatic carboxylic acids is 1. The standard InChI is InChI=1S/C20H29N5O6/c1-3-14-12(9-21-19(28)16(26)17(27)20(29)30)15(23-11-5-7-31-8-6-11)13-10-22-25(4-2)18(13)24-14/h10-11,16-17,26-27H,3-9H2,1-2H3,(H,21,28)(H,23,24)(H,29,30)/t16-,17-/m0/s1. The van der Waals surface area contributed by atoms with Gasteiger partial charge in [0.25, 0.3) is 5.91 Å². The quantitative estimate of drug-likeness (QED) is 0.366. The third-order valence-electron chi connectivity index (χ3n) is 5.44. The van der Waals surface area contributed by atoms with E-state index in [1.165, 1.54) is 0 Å². The second kappa shape index (κ2) is 10.0. The molecule has 0 unspecified atom stereocenters. The summed E-state index contributed by atoms with van der Waals surface area (Å²) in [6, 6.07) is 0.183. The van der Waals surface area contributed by atoms with Crippen molar-refractivity contribution in [1.29, 1.82) is 0 Å². The molecule has 0 aliphatic carbocycles. The van der Waals surface area contributed by atoms with E-state index < -0.39 is 24.1 Å². The first-order chi connectivity index (χ1) is 14.9. The first-order valence-electron chi connectivity index (χ1n) is 10.5. The first kappa shape index (κ1) is 22.9. The van der Waals surface area contributed by atoms with Gasteiger partial charge in [0.2, 0.25) is 0 Å². The van der Waals surface area contributed by atoms with Gasteiger partial charge in [0.1, 0.15) is 0 Å². The fourth-order valence-electron chi connectivity index (χ4n) is 3.66. The van der Waals surface area contributed by atoms with Gasteiger partial charge in [-0.1, -0.05) is 6.92 Å². The summed E-state index contributed by atoms with van der Waals surface area (Å²) in [4.78, 5) is 27.8. The normalized spacial score (nSPS) is 16.8. The molecule has 1 fully saturated rings. The number of hydrogen-bond acceptors (Lipinski definition) is 8. The zero-order valence-corrected chi connectivity index (χ0v) is 17.7. The van der Waals surface area contributed by atoms with Gasteiger partial charge in [0.05, 0.1) is 17.3 Å². The lowest BCUT2D eigenvalue weighted by atomic mass is 10.0. The molecule has 3 heterocycles.